The fourth-order valence-electron chi connectivity index (χ4n) is 1.33. The minimum absolute atomic E-state index is 0.126. The van der Waals surface area contributed by atoms with Crippen molar-refractivity contribution in [2.75, 3.05) is 0 Å². The zero-order valence-corrected chi connectivity index (χ0v) is 6.41. The van der Waals surface area contributed by atoms with Crippen LogP contribution < -0.4 is 5.56 Å². The van der Waals surface area contributed by atoms with Crippen molar-refractivity contribution in [3.05, 3.63) is 33.7 Å². The number of nitrogens with one attached hydrogen (secondary N) is 1. The van der Waals surface area contributed by atoms with E-state index in [4.69, 9.17) is 9.84 Å². The Morgan fingerprint density at radius 3 is 3.33 bits per heavy atom. The van der Waals surface area contributed by atoms with Gasteiger partial charge in [-0.3, -0.25) is 4.79 Å². The number of pyridine rings is 1. The van der Waals surface area contributed by atoms with Gasteiger partial charge in [0.2, 0.25) is 0 Å². The predicted octanol–water partition coefficient (Wildman–Crippen LogP) is -0.234. The van der Waals surface area contributed by atoms with Gasteiger partial charge in [0.25, 0.3) is 5.56 Å². The second kappa shape index (κ2) is 2.73. The second-order valence-electron chi connectivity index (χ2n) is 2.78. The molecule has 2 rings (SSSR count). The van der Waals surface area contributed by atoms with E-state index < -0.39 is 6.29 Å². The highest BCUT2D eigenvalue weighted by molar-refractivity contribution is 5.24. The van der Waals surface area contributed by atoms with Crippen molar-refractivity contribution < 1.29 is 9.84 Å². The third-order valence-electron chi connectivity index (χ3n) is 1.98. The van der Waals surface area contributed by atoms with E-state index in [9.17, 15) is 4.79 Å². The zero-order chi connectivity index (χ0) is 8.55. The molecule has 2 heterocycles. The molecule has 0 radical (unpaired) electrons. The number of aromatic amines is 1. The van der Waals surface area contributed by atoms with Gasteiger partial charge in [-0.15, -0.1) is 0 Å². The standard InChI is InChI=1S/C8H9NO3/c10-7-3-5-1-2-9-8(11)6(5)4-12-7/h1-2,7,10H,3-4H2,(H,9,11). The summed E-state index contributed by atoms with van der Waals surface area (Å²) in [4.78, 5) is 13.7. The molecule has 1 atom stereocenters. The van der Waals surface area contributed by atoms with Gasteiger partial charge in [-0.25, -0.2) is 0 Å². The first kappa shape index (κ1) is 7.52. The molecule has 4 nitrogen and oxygen atoms in total. The molecule has 2 N–H and O–H groups in total. The number of aliphatic hydroxyl groups excluding tert-OH is 1. The van der Waals surface area contributed by atoms with Crippen LogP contribution >= 0.6 is 0 Å². The minimum atomic E-state index is -0.765. The zero-order valence-electron chi connectivity index (χ0n) is 6.41. The third kappa shape index (κ3) is 1.15. The maximum Gasteiger partial charge on any atom is 0.253 e. The maximum absolute atomic E-state index is 11.2. The Morgan fingerprint density at radius 1 is 1.67 bits per heavy atom. The summed E-state index contributed by atoms with van der Waals surface area (Å²) in [5.74, 6) is 0. The van der Waals surface area contributed by atoms with E-state index in [1.54, 1.807) is 12.3 Å². The van der Waals surface area contributed by atoms with Gasteiger partial charge in [0.1, 0.15) is 0 Å². The van der Waals surface area contributed by atoms with Crippen LogP contribution in [-0.4, -0.2) is 16.4 Å². The molecule has 1 aliphatic rings. The number of H-pyrrole nitrogens is 1. The van der Waals surface area contributed by atoms with E-state index in [1.165, 1.54) is 0 Å². The van der Waals surface area contributed by atoms with Gasteiger partial charge < -0.3 is 14.8 Å². The molecule has 4 heteroatoms. The van der Waals surface area contributed by atoms with Crippen molar-refractivity contribution >= 4 is 0 Å². The number of hydrogen-bond donors (Lipinski definition) is 2. The normalized spacial score (nSPS) is 21.9. The average Bonchev–Trinajstić information content (AvgIpc) is 2.04. The molecule has 0 aliphatic carbocycles. The van der Waals surface area contributed by atoms with Crippen molar-refractivity contribution in [1.29, 1.82) is 0 Å². The van der Waals surface area contributed by atoms with Crippen LogP contribution in [0.4, 0.5) is 0 Å². The Morgan fingerprint density at radius 2 is 2.50 bits per heavy atom. The number of hydrogen-bond acceptors (Lipinski definition) is 3. The first-order chi connectivity index (χ1) is 5.77. The van der Waals surface area contributed by atoms with Crippen LogP contribution in [0.1, 0.15) is 11.1 Å². The molecule has 1 aromatic rings. The molecule has 0 spiro atoms. The van der Waals surface area contributed by atoms with E-state index in [0.29, 0.717) is 12.0 Å². The quantitative estimate of drug-likeness (QED) is 0.561. The van der Waals surface area contributed by atoms with Gasteiger partial charge in [0.05, 0.1) is 6.61 Å². The van der Waals surface area contributed by atoms with Crippen molar-refractivity contribution in [3.63, 3.8) is 0 Å². The van der Waals surface area contributed by atoms with Crippen molar-refractivity contribution in [1.82, 2.24) is 4.98 Å². The number of fused-ring (bicyclic) bond motifs is 1. The minimum Gasteiger partial charge on any atom is -0.368 e. The van der Waals surface area contributed by atoms with Crippen LogP contribution in [0.3, 0.4) is 0 Å². The summed E-state index contributed by atoms with van der Waals surface area (Å²) in [7, 11) is 0. The highest BCUT2D eigenvalue weighted by Crippen LogP contribution is 2.14. The number of ether oxygens (including phenoxy) is 1. The Labute approximate surface area is 68.8 Å². The molecule has 0 saturated heterocycles. The highest BCUT2D eigenvalue weighted by Gasteiger charge is 2.18. The first-order valence-electron chi connectivity index (χ1n) is 3.76. The van der Waals surface area contributed by atoms with Gasteiger partial charge >= 0.3 is 0 Å². The van der Waals surface area contributed by atoms with E-state index in [-0.39, 0.29) is 12.2 Å². The van der Waals surface area contributed by atoms with Gasteiger partial charge in [0, 0.05) is 18.2 Å². The highest BCUT2D eigenvalue weighted by atomic mass is 16.6. The lowest BCUT2D eigenvalue weighted by molar-refractivity contribution is -0.115. The Hall–Kier alpha value is -1.13. The summed E-state index contributed by atoms with van der Waals surface area (Å²) in [6.07, 6.45) is 1.22. The summed E-state index contributed by atoms with van der Waals surface area (Å²) in [5, 5.41) is 9.11. The molecular formula is C8H9NO3. The monoisotopic (exact) mass is 167 g/mol. The van der Waals surface area contributed by atoms with Gasteiger partial charge in [-0.1, -0.05) is 0 Å². The van der Waals surface area contributed by atoms with Gasteiger partial charge in [-0.2, -0.15) is 0 Å². The lowest BCUT2D eigenvalue weighted by Gasteiger charge is -2.19. The van der Waals surface area contributed by atoms with E-state index >= 15 is 0 Å². The fourth-order valence-corrected chi connectivity index (χ4v) is 1.33. The lowest BCUT2D eigenvalue weighted by atomic mass is 10.1. The van der Waals surface area contributed by atoms with Gasteiger partial charge in [0.15, 0.2) is 6.29 Å². The molecule has 1 aliphatic heterocycles. The smallest absolute Gasteiger partial charge is 0.253 e. The summed E-state index contributed by atoms with van der Waals surface area (Å²) >= 11 is 0. The van der Waals surface area contributed by atoms with E-state index in [2.05, 4.69) is 4.98 Å². The summed E-state index contributed by atoms with van der Waals surface area (Å²) in [5.41, 5.74) is 1.37. The van der Waals surface area contributed by atoms with Crippen LogP contribution in [0.15, 0.2) is 17.1 Å². The molecular weight excluding hydrogens is 158 g/mol. The number of rotatable bonds is 0. The Kier molecular flexibility index (Phi) is 1.71. The Bertz CT molecular complexity index is 344. The molecule has 0 saturated carbocycles. The van der Waals surface area contributed by atoms with Crippen LogP contribution in [0.2, 0.25) is 0 Å². The molecule has 1 aromatic heterocycles. The molecule has 0 bridgehead atoms. The molecule has 1 unspecified atom stereocenters. The molecule has 64 valence electrons. The second-order valence-corrected chi connectivity index (χ2v) is 2.78. The van der Waals surface area contributed by atoms with E-state index in [0.717, 1.165) is 5.56 Å². The molecule has 0 fully saturated rings. The van der Waals surface area contributed by atoms with Crippen molar-refractivity contribution in [2.24, 2.45) is 0 Å². The van der Waals surface area contributed by atoms with Crippen molar-refractivity contribution in [2.45, 2.75) is 19.3 Å². The Balaban J connectivity index is 2.49. The first-order valence-corrected chi connectivity index (χ1v) is 3.76. The predicted molar refractivity (Wildman–Crippen MR) is 41.6 cm³/mol. The fraction of sp³-hybridized carbons (Fsp3) is 0.375. The van der Waals surface area contributed by atoms with Gasteiger partial charge in [-0.05, 0) is 11.6 Å². The summed E-state index contributed by atoms with van der Waals surface area (Å²) < 4.78 is 4.92. The van der Waals surface area contributed by atoms with Crippen molar-refractivity contribution in [3.8, 4) is 0 Å². The molecule has 0 aromatic carbocycles. The van der Waals surface area contributed by atoms with Crippen LogP contribution in [-0.2, 0) is 17.8 Å². The molecule has 12 heavy (non-hydrogen) atoms. The van der Waals surface area contributed by atoms with Crippen LogP contribution in [0.25, 0.3) is 0 Å². The lowest BCUT2D eigenvalue weighted by Crippen LogP contribution is -2.27. The molecule has 0 amide bonds. The van der Waals surface area contributed by atoms with Crippen LogP contribution in [0, 0.1) is 0 Å². The topological polar surface area (TPSA) is 62.3 Å². The van der Waals surface area contributed by atoms with E-state index in [1.807, 2.05) is 0 Å². The third-order valence-corrected chi connectivity index (χ3v) is 1.98. The maximum atomic E-state index is 11.2. The van der Waals surface area contributed by atoms with Crippen LogP contribution in [0.5, 0.6) is 0 Å². The number of aliphatic hydroxyl groups is 1. The largest absolute Gasteiger partial charge is 0.368 e. The SMILES string of the molecule is O=c1[nH]ccc2c1COC(O)C2. The number of aromatic nitrogens is 1. The average molecular weight is 167 g/mol. The summed E-state index contributed by atoms with van der Waals surface area (Å²) in [6, 6.07) is 1.79. The summed E-state index contributed by atoms with van der Waals surface area (Å²) in [6.45, 7) is 0.201.